The molecule has 0 spiro atoms. The summed E-state index contributed by atoms with van der Waals surface area (Å²) in [6.45, 7) is 16.2. The number of hydrogen-bond acceptors (Lipinski definition) is 13. The van der Waals surface area contributed by atoms with E-state index in [1.54, 1.807) is 25.1 Å². The number of hydrogen-bond donors (Lipinski definition) is 4. The number of rotatable bonds is 17. The van der Waals surface area contributed by atoms with Gasteiger partial charge in [0.1, 0.15) is 22.8 Å². The number of nitrogens with zero attached hydrogens (tertiary/aromatic N) is 2. The Balaban J connectivity index is 1.74. The minimum atomic E-state index is -3.91. The number of allylic oxidation sites excluding steroid dienone is 1. The first-order valence-corrected chi connectivity index (χ1v) is 25.4. The number of aliphatic hydroxyl groups is 2. The van der Waals surface area contributed by atoms with E-state index in [0.717, 1.165) is 38.8 Å². The number of Topliss-reactive ketones (excluding diaryl/α,β-unsaturated/α-hetero) is 2. The lowest BCUT2D eigenvalue weighted by Crippen LogP contribution is -2.68. The molecular formula is C42H66N4O10SSi. The van der Waals surface area contributed by atoms with Crippen LogP contribution in [0.5, 0.6) is 11.5 Å². The molecule has 4 N–H and O–H groups in total. The molecule has 1 aliphatic heterocycles. The lowest BCUT2D eigenvalue weighted by atomic mass is 9.58. The minimum absolute atomic E-state index is 0.0321. The third-order valence-electron chi connectivity index (χ3n) is 12.7. The molecule has 324 valence electrons. The highest BCUT2D eigenvalue weighted by molar-refractivity contribution is 7.92. The van der Waals surface area contributed by atoms with E-state index in [-0.39, 0.29) is 65.9 Å². The monoisotopic (exact) mass is 846 g/mol. The van der Waals surface area contributed by atoms with Crippen molar-refractivity contribution in [1.82, 2.24) is 9.80 Å². The van der Waals surface area contributed by atoms with E-state index in [2.05, 4.69) is 9.62 Å². The number of carbonyl (C=O) groups is 2. The van der Waals surface area contributed by atoms with Crippen molar-refractivity contribution in [2.45, 2.75) is 116 Å². The molecule has 4 atom stereocenters. The Hall–Kier alpha value is -3.44. The van der Waals surface area contributed by atoms with Crippen LogP contribution in [0.25, 0.3) is 0 Å². The molecule has 1 fully saturated rings. The van der Waals surface area contributed by atoms with Crippen LogP contribution in [0.4, 0.5) is 5.69 Å². The summed E-state index contributed by atoms with van der Waals surface area (Å²) in [4.78, 5) is 34.5. The minimum Gasteiger partial charge on any atom is -0.510 e. The Kier molecular flexibility index (Phi) is 13.9. The van der Waals surface area contributed by atoms with Gasteiger partial charge in [-0.15, -0.1) is 0 Å². The second-order valence-electron chi connectivity index (χ2n) is 17.9. The van der Waals surface area contributed by atoms with E-state index >= 15 is 9.59 Å². The van der Waals surface area contributed by atoms with Gasteiger partial charge in [-0.1, -0.05) is 47.5 Å². The van der Waals surface area contributed by atoms with Crippen molar-refractivity contribution in [2.75, 3.05) is 64.5 Å². The van der Waals surface area contributed by atoms with Gasteiger partial charge in [0.05, 0.1) is 43.4 Å². The standard InChI is InChI=1S/C42H66N4O10SSi/c1-11-13-20-54-37-29(44-57(51,52)22-19-46-17-15-16-18-46)25-30(53-8)27-23-26-24-28-34(45(6)7)36(48)33(40(43)55-21-14-12-2)39(50)42(28,56-58(9,10)41(3,4)5)38(49)31(26)35(47)32(27)37/h25-26,28,34,43-44,48-49H,11-24H2,1-10H3/t26-,28-,34-,42-/m0/s1. The number of nitrogens with one attached hydrogen (secondary N) is 2. The first-order chi connectivity index (χ1) is 27.2. The molecule has 16 heteroatoms. The maximum absolute atomic E-state index is 15.3. The lowest BCUT2D eigenvalue weighted by molar-refractivity contribution is -0.143. The van der Waals surface area contributed by atoms with Crippen LogP contribution in [0.2, 0.25) is 18.1 Å². The smallest absolute Gasteiger partial charge is 0.234 e. The molecule has 0 unspecified atom stereocenters. The fourth-order valence-electron chi connectivity index (χ4n) is 8.55. The van der Waals surface area contributed by atoms with Crippen LogP contribution in [-0.2, 0) is 30.4 Å². The number of ether oxygens (including phenoxy) is 3. The number of aliphatic hydroxyl groups excluding tert-OH is 2. The molecule has 1 heterocycles. The average molecular weight is 847 g/mol. The molecule has 1 saturated heterocycles. The number of likely N-dealkylation sites (N-methyl/N-ethyl adjacent to an activating group) is 1. The van der Waals surface area contributed by atoms with E-state index in [1.165, 1.54) is 7.11 Å². The lowest BCUT2D eigenvalue weighted by Gasteiger charge is -2.55. The molecule has 0 aromatic heterocycles. The van der Waals surface area contributed by atoms with Gasteiger partial charge >= 0.3 is 0 Å². The predicted molar refractivity (Wildman–Crippen MR) is 228 cm³/mol. The van der Waals surface area contributed by atoms with Crippen LogP contribution in [0.3, 0.4) is 0 Å². The van der Waals surface area contributed by atoms with Crippen molar-refractivity contribution >= 4 is 41.5 Å². The number of sulfonamides is 1. The molecule has 0 amide bonds. The van der Waals surface area contributed by atoms with Crippen LogP contribution in [0.1, 0.15) is 95.5 Å². The summed E-state index contributed by atoms with van der Waals surface area (Å²) in [6, 6.07) is 0.654. The van der Waals surface area contributed by atoms with Gasteiger partial charge in [0.25, 0.3) is 0 Å². The third kappa shape index (κ3) is 8.59. The number of carbonyl (C=O) groups excluding carboxylic acids is 2. The van der Waals surface area contributed by atoms with Gasteiger partial charge in [0.15, 0.2) is 25.5 Å². The van der Waals surface area contributed by atoms with Crippen LogP contribution < -0.4 is 14.2 Å². The molecule has 0 radical (unpaired) electrons. The van der Waals surface area contributed by atoms with Gasteiger partial charge in [-0.3, -0.25) is 24.6 Å². The van der Waals surface area contributed by atoms with E-state index in [0.29, 0.717) is 24.9 Å². The topological polar surface area (TPSA) is 188 Å². The van der Waals surface area contributed by atoms with Gasteiger partial charge in [0.2, 0.25) is 21.7 Å². The molecule has 5 rings (SSSR count). The molecule has 14 nitrogen and oxygen atoms in total. The van der Waals surface area contributed by atoms with Crippen LogP contribution in [0, 0.1) is 17.2 Å². The number of ketones is 2. The predicted octanol–water partition coefficient (Wildman–Crippen LogP) is 6.78. The summed E-state index contributed by atoms with van der Waals surface area (Å²) >= 11 is 0. The second-order valence-corrected chi connectivity index (χ2v) is 24.5. The van der Waals surface area contributed by atoms with E-state index in [4.69, 9.17) is 24.0 Å². The quantitative estimate of drug-likeness (QED) is 0.0558. The zero-order valence-corrected chi connectivity index (χ0v) is 38.0. The number of methoxy groups -OCH3 is 1. The van der Waals surface area contributed by atoms with Crippen LogP contribution in [0.15, 0.2) is 28.7 Å². The molecule has 0 saturated carbocycles. The second kappa shape index (κ2) is 17.6. The normalized spacial score (nSPS) is 24.2. The number of anilines is 1. The molecule has 4 aliphatic rings. The molecular weight excluding hydrogens is 781 g/mol. The summed E-state index contributed by atoms with van der Waals surface area (Å²) in [5, 5.41) is 33.3. The first kappa shape index (κ1) is 45.6. The molecule has 58 heavy (non-hydrogen) atoms. The summed E-state index contributed by atoms with van der Waals surface area (Å²) in [6.07, 6.45) is 5.18. The third-order valence-corrected chi connectivity index (χ3v) is 18.4. The van der Waals surface area contributed by atoms with Crippen LogP contribution >= 0.6 is 0 Å². The maximum atomic E-state index is 15.3. The van der Waals surface area contributed by atoms with Gasteiger partial charge in [-0.25, -0.2) is 8.42 Å². The van der Waals surface area contributed by atoms with Crippen molar-refractivity contribution < 1.29 is 46.9 Å². The van der Waals surface area contributed by atoms with E-state index in [1.807, 2.05) is 47.7 Å². The number of benzene rings is 1. The zero-order chi connectivity index (χ0) is 43.0. The zero-order valence-electron chi connectivity index (χ0n) is 36.2. The largest absolute Gasteiger partial charge is 0.510 e. The molecule has 0 bridgehead atoms. The summed E-state index contributed by atoms with van der Waals surface area (Å²) in [5.74, 6) is -4.28. The van der Waals surface area contributed by atoms with E-state index < -0.39 is 75.7 Å². The number of unbranched alkanes of at least 4 members (excludes halogenated alkanes) is 2. The molecule has 1 aromatic rings. The number of likely N-dealkylation sites (tertiary alicyclic amines) is 1. The van der Waals surface area contributed by atoms with Crippen molar-refractivity contribution in [3.8, 4) is 11.5 Å². The Morgan fingerprint density at radius 1 is 1.09 bits per heavy atom. The van der Waals surface area contributed by atoms with Gasteiger partial charge in [-0.05, 0) is 89.8 Å². The Morgan fingerprint density at radius 3 is 2.31 bits per heavy atom. The SMILES string of the molecule is CCCCOC(=N)C1=C(O)[C@@H](N(C)C)[C@@H]2C[C@@H]3Cc4c(OC)cc(NS(=O)(=O)CCN5CCCC5)c(OCCCC)c4C(=O)C3=C(O)[C@]2(O[Si](C)(C)C(C)(C)C)C1=O. The highest BCUT2D eigenvalue weighted by atomic mass is 32.2. The van der Waals surface area contributed by atoms with Gasteiger partial charge in [-0.2, -0.15) is 0 Å². The van der Waals surface area contributed by atoms with Crippen LogP contribution in [-0.4, -0.2) is 126 Å². The Bertz CT molecular complexity index is 1930. The van der Waals surface area contributed by atoms with Gasteiger partial charge < -0.3 is 33.7 Å². The molecule has 3 aliphatic carbocycles. The highest BCUT2D eigenvalue weighted by Gasteiger charge is 2.67. The van der Waals surface area contributed by atoms with Crippen molar-refractivity contribution in [3.63, 3.8) is 0 Å². The summed E-state index contributed by atoms with van der Waals surface area (Å²) in [5.41, 5.74) is -2.00. The fraction of sp³-hybridized carbons (Fsp3) is 0.690. The van der Waals surface area contributed by atoms with E-state index in [9.17, 15) is 18.6 Å². The summed E-state index contributed by atoms with van der Waals surface area (Å²) < 4.78 is 55.0. The first-order valence-electron chi connectivity index (χ1n) is 20.8. The van der Waals surface area contributed by atoms with Gasteiger partial charge in [0, 0.05) is 29.7 Å². The van der Waals surface area contributed by atoms with Crippen molar-refractivity contribution in [3.05, 3.63) is 39.9 Å². The Morgan fingerprint density at radius 2 is 1.72 bits per heavy atom. The molecule has 1 aromatic carbocycles. The summed E-state index contributed by atoms with van der Waals surface area (Å²) in [7, 11) is -1.97. The fourth-order valence-corrected chi connectivity index (χ4v) is 11.1. The van der Waals surface area contributed by atoms with Crippen molar-refractivity contribution in [1.29, 1.82) is 5.41 Å². The maximum Gasteiger partial charge on any atom is 0.234 e. The Labute approximate surface area is 346 Å². The highest BCUT2D eigenvalue weighted by Crippen LogP contribution is 2.57. The number of fused-ring (bicyclic) bond motifs is 3. The van der Waals surface area contributed by atoms with Crippen molar-refractivity contribution in [2.24, 2.45) is 11.8 Å². The average Bonchev–Trinajstić information content (AvgIpc) is 3.66.